The van der Waals surface area contributed by atoms with Gasteiger partial charge in [0, 0.05) is 5.41 Å². The molecule has 0 amide bonds. The molecule has 0 aromatic carbocycles. The molecule has 37 atom stereocenters. The lowest BCUT2D eigenvalue weighted by molar-refractivity contribution is -0.405. The second-order valence-electron chi connectivity index (χ2n) is 30.8. The van der Waals surface area contributed by atoms with E-state index in [1.165, 1.54) is 19.4 Å². The van der Waals surface area contributed by atoms with Gasteiger partial charge in [-0.3, -0.25) is 4.79 Å². The number of allylic oxidation sites excluding steroid dienone is 2. The number of aliphatic hydroxyl groups is 16. The standard InChI is InChI=1S/C64H104O30/c1-25-36(70)39(73)43(77)53(85-25)90-47-26(2)86-56(46(80)50(47)93-55-45(79)41(75)49(32(21-66)88-55)92-54-44(78)40(74)48(31(20-65)87-54)91-52-42(76)37(71)29(68)22-83-52)94-51-38(72)30(69)23-84-57(51)89-35-12-13-60(5)33(61(35,6)24-67)11-14-63(8)34(60)10-9-27-28-19-59(3,4)15-17-64(28,58(81)82)18-16-62(27,63)7/h9,25-26,28-57,65-80H,10-24H2,1-8H3,(H,81,82)/t25-,26-,28?,29+,30-,31+,32+,33?,34?,35-,36-,37-,38-,39+,40+,41+,42+,43+,44+,45+,46+,47-,48+,49+,50-,51+,52-,53-,54-,55-,56-,57-,60-,61-,62+,63+,64-/m0/s1. The monoisotopic (exact) mass is 1350 g/mol. The van der Waals surface area contributed by atoms with Crippen molar-refractivity contribution in [2.45, 2.75) is 298 Å². The molecular formula is C64H104O30. The summed E-state index contributed by atoms with van der Waals surface area (Å²) in [7, 11) is 0. The molecule has 6 saturated heterocycles. The maximum atomic E-state index is 13.3. The average Bonchev–Trinajstić information content (AvgIpc) is 0.675. The molecule has 3 unspecified atom stereocenters. The first-order valence-corrected chi connectivity index (χ1v) is 33.5. The van der Waals surface area contributed by atoms with Gasteiger partial charge in [-0.25, -0.2) is 0 Å². The first kappa shape index (κ1) is 73.3. The van der Waals surface area contributed by atoms with Gasteiger partial charge in [0.15, 0.2) is 37.7 Å². The van der Waals surface area contributed by atoms with E-state index in [4.69, 9.17) is 56.8 Å². The van der Waals surface area contributed by atoms with Crippen molar-refractivity contribution in [3.05, 3.63) is 11.6 Å². The van der Waals surface area contributed by atoms with Crippen LogP contribution in [0.3, 0.4) is 0 Å². The van der Waals surface area contributed by atoms with E-state index in [9.17, 15) is 91.6 Å². The fourth-order valence-electron chi connectivity index (χ4n) is 19.0. The number of carbonyl (C=O) groups is 1. The smallest absolute Gasteiger partial charge is 0.310 e. The molecule has 4 saturated carbocycles. The van der Waals surface area contributed by atoms with E-state index in [-0.39, 0.29) is 46.0 Å². The summed E-state index contributed by atoms with van der Waals surface area (Å²) < 4.78 is 72.5. The summed E-state index contributed by atoms with van der Waals surface area (Å²) in [6.07, 6.45) is -40.6. The Morgan fingerprint density at radius 2 is 1.00 bits per heavy atom. The highest BCUT2D eigenvalue weighted by atomic mass is 16.8. The largest absolute Gasteiger partial charge is 0.481 e. The van der Waals surface area contributed by atoms with Crippen LogP contribution in [0.2, 0.25) is 0 Å². The maximum absolute atomic E-state index is 13.3. The minimum Gasteiger partial charge on any atom is -0.481 e. The molecule has 94 heavy (non-hydrogen) atoms. The predicted octanol–water partition coefficient (Wildman–Crippen LogP) is -3.52. The molecule has 5 aliphatic carbocycles. The van der Waals surface area contributed by atoms with Gasteiger partial charge in [0.2, 0.25) is 0 Å². The Morgan fingerprint density at radius 1 is 0.489 bits per heavy atom. The van der Waals surface area contributed by atoms with Gasteiger partial charge in [0.25, 0.3) is 0 Å². The summed E-state index contributed by atoms with van der Waals surface area (Å²) >= 11 is 0. The van der Waals surface area contributed by atoms with Crippen LogP contribution in [0.1, 0.15) is 120 Å². The molecule has 30 heteroatoms. The highest BCUT2D eigenvalue weighted by Gasteiger charge is 2.71. The molecular weight excluding hydrogens is 1250 g/mol. The van der Waals surface area contributed by atoms with E-state index in [0.717, 1.165) is 38.5 Å². The van der Waals surface area contributed by atoms with Crippen LogP contribution in [-0.4, -0.2) is 304 Å². The molecule has 10 fully saturated rings. The van der Waals surface area contributed by atoms with Crippen LogP contribution in [-0.2, 0) is 61.6 Å². The zero-order chi connectivity index (χ0) is 68.4. The third kappa shape index (κ3) is 12.4. The van der Waals surface area contributed by atoms with Gasteiger partial charge >= 0.3 is 5.97 Å². The van der Waals surface area contributed by atoms with Crippen LogP contribution >= 0.6 is 0 Å². The quantitative estimate of drug-likeness (QED) is 0.0526. The van der Waals surface area contributed by atoms with Crippen molar-refractivity contribution in [3.63, 3.8) is 0 Å². The number of aliphatic hydroxyl groups excluding tert-OH is 16. The lowest BCUT2D eigenvalue weighted by Crippen LogP contribution is -2.68. The van der Waals surface area contributed by atoms with Crippen LogP contribution in [0.25, 0.3) is 0 Å². The lowest BCUT2D eigenvalue weighted by Gasteiger charge is -2.71. The second-order valence-corrected chi connectivity index (χ2v) is 30.8. The zero-order valence-electron chi connectivity index (χ0n) is 54.6. The van der Waals surface area contributed by atoms with E-state index < -0.39 is 221 Å². The molecule has 540 valence electrons. The molecule has 11 rings (SSSR count). The van der Waals surface area contributed by atoms with E-state index in [1.807, 2.05) is 6.92 Å². The van der Waals surface area contributed by atoms with E-state index in [0.29, 0.717) is 25.7 Å². The number of ether oxygens (including phenoxy) is 12. The van der Waals surface area contributed by atoms with Crippen LogP contribution in [0, 0.1) is 50.2 Å². The fraction of sp³-hybridized carbons (Fsp3) is 0.953. The zero-order valence-corrected chi connectivity index (χ0v) is 54.6. The van der Waals surface area contributed by atoms with Crippen LogP contribution in [0.4, 0.5) is 0 Å². The van der Waals surface area contributed by atoms with Gasteiger partial charge in [-0.2, -0.15) is 0 Å². The van der Waals surface area contributed by atoms with E-state index >= 15 is 0 Å². The van der Waals surface area contributed by atoms with Crippen molar-refractivity contribution in [1.82, 2.24) is 0 Å². The normalized spacial score (nSPS) is 55.3. The molecule has 6 heterocycles. The summed E-state index contributed by atoms with van der Waals surface area (Å²) in [5.41, 5.74) is -1.22. The molecule has 30 nitrogen and oxygen atoms in total. The van der Waals surface area contributed by atoms with Crippen molar-refractivity contribution in [2.24, 2.45) is 50.2 Å². The molecule has 17 N–H and O–H groups in total. The van der Waals surface area contributed by atoms with Crippen molar-refractivity contribution in [1.29, 1.82) is 0 Å². The molecule has 0 aromatic heterocycles. The van der Waals surface area contributed by atoms with Gasteiger partial charge in [0.1, 0.15) is 122 Å². The second kappa shape index (κ2) is 27.5. The van der Waals surface area contributed by atoms with Gasteiger partial charge in [-0.15, -0.1) is 0 Å². The van der Waals surface area contributed by atoms with E-state index in [2.05, 4.69) is 40.7 Å². The van der Waals surface area contributed by atoms with Gasteiger partial charge in [-0.05, 0) is 117 Å². The maximum Gasteiger partial charge on any atom is 0.310 e. The first-order valence-electron chi connectivity index (χ1n) is 33.5. The SMILES string of the molecule is C[C@@H]1O[C@@H](O[C@@H]2[C@@H](O[C@@H]3O[C@H](CO)[C@@H](O[C@@H]4O[C@H](CO)[C@@H](O[C@@H]5OC[C@@H](O)[C@H](O)[C@H]5O)[C@H](O)[C@H]4O)[C@H](O)[C@H]3O)[C@@H](O)[C@H](O[C@H]3[C@H](O[C@H]4CC[C@@]5(C)C(CC[C@]6(C)C5CC=C5C7CC(C)(C)CC[C@]7(C(=O)O)CC[C@]56C)[C@]4(C)CO)OC[C@H](O)[C@@H]3O)O[C@H]2C)[C@H](O)[C@H](O)[C@H]1O. The Bertz CT molecular complexity index is 2640. The van der Waals surface area contributed by atoms with Crippen molar-refractivity contribution < 1.29 is 148 Å². The number of aliphatic carboxylic acids is 1. The fourth-order valence-corrected chi connectivity index (χ4v) is 19.0. The number of carboxylic acid groups (broad SMARTS) is 1. The third-order valence-corrected chi connectivity index (χ3v) is 25.0. The Labute approximate surface area is 545 Å². The highest BCUT2D eigenvalue weighted by Crippen LogP contribution is 2.76. The third-order valence-electron chi connectivity index (χ3n) is 25.0. The van der Waals surface area contributed by atoms with Crippen molar-refractivity contribution in [2.75, 3.05) is 33.0 Å². The van der Waals surface area contributed by atoms with Gasteiger partial charge in [0.05, 0.1) is 56.8 Å². The summed E-state index contributed by atoms with van der Waals surface area (Å²) in [4.78, 5) is 13.3. The summed E-state index contributed by atoms with van der Waals surface area (Å²) in [5, 5.41) is 188. The number of hydrogen-bond donors (Lipinski definition) is 17. The minimum atomic E-state index is -2.20. The average molecular weight is 1350 g/mol. The topological polar surface area (TPSA) is 472 Å². The Hall–Kier alpha value is -1.91. The molecule has 0 aromatic rings. The summed E-state index contributed by atoms with van der Waals surface area (Å²) in [6, 6.07) is 0. The Balaban J connectivity index is 0.813. The molecule has 6 aliphatic heterocycles. The van der Waals surface area contributed by atoms with E-state index in [1.54, 1.807) is 0 Å². The first-order chi connectivity index (χ1) is 44.1. The van der Waals surface area contributed by atoms with Crippen LogP contribution in [0.5, 0.6) is 0 Å². The minimum absolute atomic E-state index is 0.00271. The Morgan fingerprint density at radius 3 is 1.61 bits per heavy atom. The Kier molecular flexibility index (Phi) is 21.4. The molecule has 0 spiro atoms. The molecule has 11 aliphatic rings. The summed E-state index contributed by atoms with van der Waals surface area (Å²) in [5.74, 6) is -0.715. The lowest BCUT2D eigenvalue weighted by atomic mass is 9.33. The number of carboxylic acids is 1. The number of fused-ring (bicyclic) bond motifs is 7. The van der Waals surface area contributed by atoms with Gasteiger partial charge in [-0.1, -0.05) is 53.2 Å². The number of rotatable bonds is 16. The van der Waals surface area contributed by atoms with Crippen LogP contribution < -0.4 is 0 Å². The number of hydrogen-bond acceptors (Lipinski definition) is 29. The molecule has 0 bridgehead atoms. The predicted molar refractivity (Wildman–Crippen MR) is 315 cm³/mol. The highest BCUT2D eigenvalue weighted by molar-refractivity contribution is 5.76. The molecule has 0 radical (unpaired) electrons. The van der Waals surface area contributed by atoms with Crippen molar-refractivity contribution >= 4 is 5.97 Å². The van der Waals surface area contributed by atoms with Gasteiger partial charge < -0.3 is 144 Å². The summed E-state index contributed by atoms with van der Waals surface area (Å²) in [6.45, 7) is 13.3. The van der Waals surface area contributed by atoms with Crippen molar-refractivity contribution in [3.8, 4) is 0 Å². The van der Waals surface area contributed by atoms with Crippen LogP contribution in [0.15, 0.2) is 11.6 Å².